The largest absolute Gasteiger partial charge is 0.392 e. The van der Waals surface area contributed by atoms with Gasteiger partial charge in [0.15, 0.2) is 0 Å². The summed E-state index contributed by atoms with van der Waals surface area (Å²) >= 11 is 0. The van der Waals surface area contributed by atoms with E-state index in [4.69, 9.17) is 4.84 Å². The van der Waals surface area contributed by atoms with Crippen LogP contribution in [0.1, 0.15) is 0 Å². The van der Waals surface area contributed by atoms with Crippen LogP contribution in [-0.4, -0.2) is 31.7 Å². The zero-order chi connectivity index (χ0) is 7.94. The minimum absolute atomic E-state index is 0.452. The Bertz CT molecular complexity index is 186. The van der Waals surface area contributed by atoms with Gasteiger partial charge in [-0.15, -0.1) is 0 Å². The van der Waals surface area contributed by atoms with Crippen LogP contribution in [0, 0.1) is 0 Å². The van der Waals surface area contributed by atoms with Gasteiger partial charge < -0.3 is 10.2 Å². The Kier molecular flexibility index (Phi) is 3.18. The van der Waals surface area contributed by atoms with E-state index in [1.54, 1.807) is 12.4 Å². The van der Waals surface area contributed by atoms with Crippen LogP contribution in [0.15, 0.2) is 22.8 Å². The highest BCUT2D eigenvalue weighted by atomic mass is 16.6. The van der Waals surface area contributed by atoms with Gasteiger partial charge in [-0.05, 0) is 0 Å². The van der Waals surface area contributed by atoms with E-state index in [1.807, 2.05) is 0 Å². The van der Waals surface area contributed by atoms with Gasteiger partial charge in [0.25, 0.3) is 0 Å². The van der Waals surface area contributed by atoms with Crippen LogP contribution < -0.4 is 5.32 Å². The molecule has 0 aliphatic carbocycles. The molecule has 0 unspecified atom stereocenters. The van der Waals surface area contributed by atoms with E-state index in [1.165, 1.54) is 0 Å². The molecule has 0 spiro atoms. The quantitative estimate of drug-likeness (QED) is 0.357. The first-order chi connectivity index (χ1) is 5.43. The third-order valence-corrected chi connectivity index (χ3v) is 1.15. The van der Waals surface area contributed by atoms with Crippen molar-refractivity contribution in [2.24, 2.45) is 10.1 Å². The van der Waals surface area contributed by atoms with Gasteiger partial charge in [0.1, 0.15) is 6.61 Å². The number of rotatable bonds is 3. The monoisotopic (exact) mass is 153 g/mol. The molecule has 1 aliphatic rings. The number of hydrogen-bond acceptors (Lipinski definition) is 4. The second-order valence-corrected chi connectivity index (χ2v) is 2.09. The lowest BCUT2D eigenvalue weighted by atomic mass is 10.3. The maximum absolute atomic E-state index is 4.88. The third kappa shape index (κ3) is 2.84. The molecule has 1 heterocycles. The van der Waals surface area contributed by atoms with Gasteiger partial charge in [0.05, 0.1) is 25.1 Å². The lowest BCUT2D eigenvalue weighted by Crippen LogP contribution is -2.28. The van der Waals surface area contributed by atoms with E-state index in [9.17, 15) is 0 Å². The van der Waals surface area contributed by atoms with Gasteiger partial charge in [0.2, 0.25) is 0 Å². The van der Waals surface area contributed by atoms with E-state index in [0.29, 0.717) is 13.2 Å². The first-order valence-electron chi connectivity index (χ1n) is 3.44. The first kappa shape index (κ1) is 7.78. The summed E-state index contributed by atoms with van der Waals surface area (Å²) in [6, 6.07) is 0. The average molecular weight is 153 g/mol. The van der Waals surface area contributed by atoms with Crippen molar-refractivity contribution in [3.63, 3.8) is 0 Å². The van der Waals surface area contributed by atoms with Gasteiger partial charge >= 0.3 is 0 Å². The SMILES string of the molecule is C=CCON=C1CN=CNC1. The lowest BCUT2D eigenvalue weighted by Gasteiger charge is -2.07. The van der Waals surface area contributed by atoms with Crippen molar-refractivity contribution >= 4 is 12.1 Å². The smallest absolute Gasteiger partial charge is 0.135 e. The Morgan fingerprint density at radius 1 is 1.91 bits per heavy atom. The minimum Gasteiger partial charge on any atom is -0.392 e. The molecule has 1 aliphatic heterocycles. The molecule has 0 fully saturated rings. The van der Waals surface area contributed by atoms with Crippen molar-refractivity contribution in [3.8, 4) is 0 Å². The molecule has 1 N–H and O–H groups in total. The van der Waals surface area contributed by atoms with E-state index >= 15 is 0 Å². The Labute approximate surface area is 65.6 Å². The molecule has 0 saturated carbocycles. The van der Waals surface area contributed by atoms with Crippen LogP contribution in [0.5, 0.6) is 0 Å². The van der Waals surface area contributed by atoms with Crippen molar-refractivity contribution in [1.82, 2.24) is 5.32 Å². The Morgan fingerprint density at radius 2 is 2.82 bits per heavy atom. The summed E-state index contributed by atoms with van der Waals surface area (Å²) in [5.41, 5.74) is 0.911. The second kappa shape index (κ2) is 4.49. The van der Waals surface area contributed by atoms with Crippen LogP contribution in [-0.2, 0) is 4.84 Å². The summed E-state index contributed by atoms with van der Waals surface area (Å²) in [6.07, 6.45) is 3.33. The van der Waals surface area contributed by atoms with E-state index in [0.717, 1.165) is 12.3 Å². The molecule has 0 aromatic heterocycles. The Morgan fingerprint density at radius 3 is 3.45 bits per heavy atom. The van der Waals surface area contributed by atoms with Gasteiger partial charge in [0, 0.05) is 0 Å². The summed E-state index contributed by atoms with van der Waals surface area (Å²) in [5.74, 6) is 0. The van der Waals surface area contributed by atoms with Crippen LogP contribution in [0.3, 0.4) is 0 Å². The van der Waals surface area contributed by atoms with Crippen molar-refractivity contribution in [3.05, 3.63) is 12.7 Å². The highest BCUT2D eigenvalue weighted by Gasteiger charge is 2.00. The Balaban J connectivity index is 2.27. The molecule has 11 heavy (non-hydrogen) atoms. The van der Waals surface area contributed by atoms with Gasteiger partial charge in [-0.25, -0.2) is 0 Å². The number of oxime groups is 1. The minimum atomic E-state index is 0.452. The third-order valence-electron chi connectivity index (χ3n) is 1.15. The fourth-order valence-corrected chi connectivity index (χ4v) is 0.677. The second-order valence-electron chi connectivity index (χ2n) is 2.09. The number of nitrogens with zero attached hydrogens (tertiary/aromatic N) is 2. The van der Waals surface area contributed by atoms with Crippen molar-refractivity contribution in [2.45, 2.75) is 0 Å². The Hall–Kier alpha value is -1.32. The predicted octanol–water partition coefficient (Wildman–Crippen LogP) is 0.176. The predicted molar refractivity (Wildman–Crippen MR) is 44.9 cm³/mol. The fourth-order valence-electron chi connectivity index (χ4n) is 0.677. The molecule has 1 rings (SSSR count). The van der Waals surface area contributed by atoms with E-state index in [-0.39, 0.29) is 0 Å². The zero-order valence-corrected chi connectivity index (χ0v) is 6.29. The molecule has 0 radical (unpaired) electrons. The molecule has 0 saturated heterocycles. The molecule has 4 heteroatoms. The molecule has 4 nitrogen and oxygen atoms in total. The normalized spacial score (nSPS) is 19.5. The lowest BCUT2D eigenvalue weighted by molar-refractivity contribution is 0.174. The highest BCUT2D eigenvalue weighted by molar-refractivity contribution is 5.92. The van der Waals surface area contributed by atoms with Crippen molar-refractivity contribution in [2.75, 3.05) is 19.7 Å². The summed E-state index contributed by atoms with van der Waals surface area (Å²) in [6.45, 7) is 5.31. The van der Waals surface area contributed by atoms with Crippen LogP contribution >= 0.6 is 0 Å². The number of hydrogen-bond donors (Lipinski definition) is 1. The molecule has 0 bridgehead atoms. The molecule has 60 valence electrons. The molecule has 0 aromatic carbocycles. The summed E-state index contributed by atoms with van der Waals surface area (Å²) in [5, 5.41) is 6.78. The molecule has 0 atom stereocenters. The van der Waals surface area contributed by atoms with E-state index in [2.05, 4.69) is 22.0 Å². The molecular formula is C7H11N3O. The highest BCUT2D eigenvalue weighted by Crippen LogP contribution is 1.86. The number of aliphatic imine (C=N–C) groups is 1. The fraction of sp³-hybridized carbons (Fsp3) is 0.429. The topological polar surface area (TPSA) is 46.0 Å². The zero-order valence-electron chi connectivity index (χ0n) is 6.29. The van der Waals surface area contributed by atoms with Crippen LogP contribution in [0.2, 0.25) is 0 Å². The van der Waals surface area contributed by atoms with Crippen LogP contribution in [0.25, 0.3) is 0 Å². The van der Waals surface area contributed by atoms with Gasteiger partial charge in [-0.2, -0.15) is 0 Å². The number of nitrogens with one attached hydrogen (secondary N) is 1. The van der Waals surface area contributed by atoms with Crippen molar-refractivity contribution in [1.29, 1.82) is 0 Å². The average Bonchev–Trinajstić information content (AvgIpc) is 2.07. The van der Waals surface area contributed by atoms with Crippen molar-refractivity contribution < 1.29 is 4.84 Å². The first-order valence-corrected chi connectivity index (χ1v) is 3.44. The standard InChI is InChI=1S/C7H11N3O/c1-2-3-11-10-7-4-8-6-9-5-7/h2,6H,1,3-5H2,(H,8,9). The van der Waals surface area contributed by atoms with Gasteiger partial charge in [-0.1, -0.05) is 17.8 Å². The molecule has 0 aromatic rings. The summed E-state index contributed by atoms with van der Waals surface area (Å²) < 4.78 is 0. The van der Waals surface area contributed by atoms with Gasteiger partial charge in [-0.3, -0.25) is 4.99 Å². The molecular weight excluding hydrogens is 142 g/mol. The molecule has 0 amide bonds. The maximum Gasteiger partial charge on any atom is 0.135 e. The van der Waals surface area contributed by atoms with Crippen LogP contribution in [0.4, 0.5) is 0 Å². The summed E-state index contributed by atoms with van der Waals surface area (Å²) in [7, 11) is 0. The van der Waals surface area contributed by atoms with E-state index < -0.39 is 0 Å². The maximum atomic E-state index is 4.88. The summed E-state index contributed by atoms with van der Waals surface area (Å²) in [4.78, 5) is 8.84.